The smallest absolute Gasteiger partial charge is 0.464 e. The Morgan fingerprint density at radius 2 is 2.00 bits per heavy atom. The molecule has 2 aromatic carbocycles. The second-order valence-electron chi connectivity index (χ2n) is 5.65. The van der Waals surface area contributed by atoms with Gasteiger partial charge in [0, 0.05) is 16.3 Å². The van der Waals surface area contributed by atoms with E-state index in [0.717, 1.165) is 10.9 Å². The molecule has 26 heavy (non-hydrogen) atoms. The fraction of sp³-hybridized carbons (Fsp3) is 0. The number of ether oxygens (including phenoxy) is 1. The van der Waals surface area contributed by atoms with E-state index < -0.39 is 7.12 Å². The molecule has 0 aliphatic rings. The van der Waals surface area contributed by atoms with E-state index in [1.54, 1.807) is 36.4 Å². The number of hydrogen-bond acceptors (Lipinski definition) is 8. The molecule has 0 amide bonds. The number of hydrogen-bond donors (Lipinski definition) is 3. The van der Waals surface area contributed by atoms with Crippen LogP contribution in [0.2, 0.25) is 0 Å². The van der Waals surface area contributed by atoms with Gasteiger partial charge in [-0.25, -0.2) is 0 Å². The lowest BCUT2D eigenvalue weighted by atomic mass is 9.78. The van der Waals surface area contributed by atoms with Gasteiger partial charge in [-0.3, -0.25) is 4.79 Å². The highest BCUT2D eigenvalue weighted by atomic mass is 16.5. The lowest BCUT2D eigenvalue weighted by Gasteiger charge is -2.09. The number of rotatable bonds is 4. The van der Waals surface area contributed by atoms with Crippen LogP contribution in [0.1, 0.15) is 0 Å². The minimum Gasteiger partial charge on any atom is -0.464 e. The summed E-state index contributed by atoms with van der Waals surface area (Å²) in [6.45, 7) is 0.236. The summed E-state index contributed by atoms with van der Waals surface area (Å²) in [5.41, 5.74) is 9.01. The molecule has 128 valence electrons. The SMILES string of the molecule is Nc1c(OC=O)nnc2cc(-c3cc(B(O)O)cc4ccoc34)ccc12. The van der Waals surface area contributed by atoms with Crippen molar-refractivity contribution in [1.82, 2.24) is 10.2 Å². The van der Waals surface area contributed by atoms with Gasteiger partial charge in [-0.15, -0.1) is 10.2 Å². The fourth-order valence-electron chi connectivity index (χ4n) is 2.88. The molecule has 0 unspecified atom stereocenters. The van der Waals surface area contributed by atoms with Crippen molar-refractivity contribution in [2.75, 3.05) is 5.73 Å². The first-order chi connectivity index (χ1) is 12.6. The molecular formula is C17H12BN3O5. The highest BCUT2D eigenvalue weighted by Gasteiger charge is 2.17. The van der Waals surface area contributed by atoms with Gasteiger partial charge < -0.3 is 24.9 Å². The Balaban J connectivity index is 1.92. The van der Waals surface area contributed by atoms with Gasteiger partial charge in [0.05, 0.1) is 11.8 Å². The molecule has 0 saturated carbocycles. The summed E-state index contributed by atoms with van der Waals surface area (Å²) < 4.78 is 10.2. The Morgan fingerprint density at radius 3 is 2.77 bits per heavy atom. The number of fused-ring (bicyclic) bond motifs is 2. The maximum atomic E-state index is 10.5. The number of carbonyl (C=O) groups excluding carboxylic acids is 1. The lowest BCUT2D eigenvalue weighted by Crippen LogP contribution is -2.29. The highest BCUT2D eigenvalue weighted by molar-refractivity contribution is 6.59. The van der Waals surface area contributed by atoms with Gasteiger partial charge in [0.25, 0.3) is 12.4 Å². The summed E-state index contributed by atoms with van der Waals surface area (Å²) in [6, 6.07) is 10.3. The molecule has 0 aliphatic heterocycles. The standard InChI is InChI=1S/C17H12BN3O5/c19-15-12-2-1-9(6-14(12)20-21-17(15)26-8-22)13-7-11(18(23)24)5-10-3-4-25-16(10)13/h1-8,23-24H,(H2,19,20). The number of nitrogens with zero attached hydrogens (tertiary/aromatic N) is 2. The van der Waals surface area contributed by atoms with Crippen molar-refractivity contribution in [1.29, 1.82) is 0 Å². The van der Waals surface area contributed by atoms with Crippen LogP contribution in [0.25, 0.3) is 33.0 Å². The van der Waals surface area contributed by atoms with Gasteiger partial charge in [-0.05, 0) is 29.2 Å². The first-order valence-electron chi connectivity index (χ1n) is 7.62. The molecule has 4 rings (SSSR count). The molecule has 0 atom stereocenters. The Labute approximate surface area is 147 Å². The van der Waals surface area contributed by atoms with E-state index in [-0.39, 0.29) is 18.0 Å². The number of furan rings is 1. The van der Waals surface area contributed by atoms with Crippen LogP contribution >= 0.6 is 0 Å². The zero-order chi connectivity index (χ0) is 18.3. The van der Waals surface area contributed by atoms with Gasteiger partial charge in [0.15, 0.2) is 0 Å². The summed E-state index contributed by atoms with van der Waals surface area (Å²) in [7, 11) is -1.60. The third kappa shape index (κ3) is 2.55. The van der Waals surface area contributed by atoms with Gasteiger partial charge in [-0.1, -0.05) is 18.2 Å². The normalized spacial score (nSPS) is 11.0. The van der Waals surface area contributed by atoms with E-state index in [4.69, 9.17) is 14.9 Å². The van der Waals surface area contributed by atoms with Gasteiger partial charge in [0.1, 0.15) is 11.3 Å². The van der Waals surface area contributed by atoms with Crippen LogP contribution in [0.4, 0.5) is 5.69 Å². The molecule has 0 saturated heterocycles. The molecule has 0 fully saturated rings. The summed E-state index contributed by atoms with van der Waals surface area (Å²) in [4.78, 5) is 10.5. The summed E-state index contributed by atoms with van der Waals surface area (Å²) in [5.74, 6) is -0.0564. The molecule has 9 heteroatoms. The zero-order valence-electron chi connectivity index (χ0n) is 13.3. The molecule has 4 aromatic rings. The van der Waals surface area contributed by atoms with E-state index in [1.165, 1.54) is 6.26 Å². The van der Waals surface area contributed by atoms with Crippen LogP contribution in [0.15, 0.2) is 47.1 Å². The van der Waals surface area contributed by atoms with Crippen LogP contribution in [-0.4, -0.2) is 33.8 Å². The topological polar surface area (TPSA) is 132 Å². The Hall–Kier alpha value is -3.43. The quantitative estimate of drug-likeness (QED) is 0.365. The van der Waals surface area contributed by atoms with Crippen molar-refractivity contribution in [2.24, 2.45) is 0 Å². The third-order valence-corrected chi connectivity index (χ3v) is 4.11. The van der Waals surface area contributed by atoms with E-state index in [9.17, 15) is 14.8 Å². The molecular weight excluding hydrogens is 337 g/mol. The van der Waals surface area contributed by atoms with Crippen molar-refractivity contribution in [3.05, 3.63) is 42.7 Å². The number of aromatic nitrogens is 2. The molecule has 0 spiro atoms. The van der Waals surface area contributed by atoms with E-state index in [1.807, 2.05) is 0 Å². The van der Waals surface area contributed by atoms with Crippen molar-refractivity contribution in [2.45, 2.75) is 0 Å². The minimum atomic E-state index is -1.60. The average molecular weight is 349 g/mol. The van der Waals surface area contributed by atoms with Crippen molar-refractivity contribution in [3.8, 4) is 17.0 Å². The van der Waals surface area contributed by atoms with E-state index in [2.05, 4.69) is 10.2 Å². The van der Waals surface area contributed by atoms with Crippen LogP contribution in [0, 0.1) is 0 Å². The highest BCUT2D eigenvalue weighted by Crippen LogP contribution is 2.33. The average Bonchev–Trinajstić information content (AvgIpc) is 3.11. The number of anilines is 1. The zero-order valence-corrected chi connectivity index (χ0v) is 13.3. The molecule has 2 aromatic heterocycles. The Kier molecular flexibility index (Phi) is 3.79. The lowest BCUT2D eigenvalue weighted by molar-refractivity contribution is -0.120. The maximum Gasteiger partial charge on any atom is 0.488 e. The second kappa shape index (κ2) is 6.14. The van der Waals surface area contributed by atoms with Crippen molar-refractivity contribution >= 4 is 46.6 Å². The first kappa shape index (κ1) is 16.1. The molecule has 0 radical (unpaired) electrons. The largest absolute Gasteiger partial charge is 0.488 e. The van der Waals surface area contributed by atoms with Crippen molar-refractivity contribution in [3.63, 3.8) is 0 Å². The maximum absolute atomic E-state index is 10.5. The number of nitrogens with two attached hydrogens (primary N) is 1. The number of benzene rings is 2. The molecule has 0 bridgehead atoms. The van der Waals surface area contributed by atoms with Crippen LogP contribution in [0.3, 0.4) is 0 Å². The molecule has 8 nitrogen and oxygen atoms in total. The van der Waals surface area contributed by atoms with Gasteiger partial charge >= 0.3 is 7.12 Å². The fourth-order valence-corrected chi connectivity index (χ4v) is 2.88. The summed E-state index contributed by atoms with van der Waals surface area (Å²) >= 11 is 0. The van der Waals surface area contributed by atoms with Crippen LogP contribution in [0.5, 0.6) is 5.88 Å². The van der Waals surface area contributed by atoms with Gasteiger partial charge in [0.2, 0.25) is 0 Å². The number of carbonyl (C=O) groups is 1. The Morgan fingerprint density at radius 1 is 1.15 bits per heavy atom. The summed E-state index contributed by atoms with van der Waals surface area (Å²) in [6.07, 6.45) is 1.53. The van der Waals surface area contributed by atoms with Gasteiger partial charge in [-0.2, -0.15) is 0 Å². The molecule has 2 heterocycles. The third-order valence-electron chi connectivity index (χ3n) is 4.11. The van der Waals surface area contributed by atoms with E-state index in [0.29, 0.717) is 27.5 Å². The first-order valence-corrected chi connectivity index (χ1v) is 7.62. The predicted octanol–water partition coefficient (Wildman–Crippen LogP) is 0.840. The summed E-state index contributed by atoms with van der Waals surface area (Å²) in [5, 5.41) is 28.2. The van der Waals surface area contributed by atoms with E-state index >= 15 is 0 Å². The second-order valence-corrected chi connectivity index (χ2v) is 5.65. The van der Waals surface area contributed by atoms with Crippen LogP contribution < -0.4 is 15.9 Å². The molecule has 4 N–H and O–H groups in total. The predicted molar refractivity (Wildman–Crippen MR) is 95.7 cm³/mol. The minimum absolute atomic E-state index is 0.0564. The molecule has 0 aliphatic carbocycles. The van der Waals surface area contributed by atoms with Crippen LogP contribution in [-0.2, 0) is 4.79 Å². The van der Waals surface area contributed by atoms with Crippen molar-refractivity contribution < 1.29 is 24.0 Å². The monoisotopic (exact) mass is 349 g/mol. The number of nitrogen functional groups attached to an aromatic ring is 1. The Bertz CT molecular complexity index is 1140.